The second kappa shape index (κ2) is 9.96. The summed E-state index contributed by atoms with van der Waals surface area (Å²) in [5.74, 6) is -0.671. The molecule has 0 aliphatic carbocycles. The van der Waals surface area contributed by atoms with Crippen molar-refractivity contribution >= 4 is 6.09 Å². The van der Waals surface area contributed by atoms with E-state index in [4.69, 9.17) is 4.74 Å². The highest BCUT2D eigenvalue weighted by Gasteiger charge is 2.26. The fourth-order valence-corrected chi connectivity index (χ4v) is 3.34. The van der Waals surface area contributed by atoms with E-state index in [1.54, 1.807) is 29.3 Å². The van der Waals surface area contributed by atoms with Gasteiger partial charge in [-0.2, -0.15) is 0 Å². The van der Waals surface area contributed by atoms with Gasteiger partial charge in [-0.3, -0.25) is 9.69 Å². The lowest BCUT2D eigenvalue weighted by Crippen LogP contribution is -2.49. The van der Waals surface area contributed by atoms with Crippen molar-refractivity contribution in [2.75, 3.05) is 26.2 Å². The lowest BCUT2D eigenvalue weighted by Gasteiger charge is -2.35. The van der Waals surface area contributed by atoms with Crippen LogP contribution in [0.15, 0.2) is 41.3 Å². The van der Waals surface area contributed by atoms with E-state index in [-0.39, 0.29) is 31.6 Å². The van der Waals surface area contributed by atoms with Gasteiger partial charge in [-0.25, -0.2) is 9.18 Å². The second-order valence-electron chi connectivity index (χ2n) is 8.50. The Labute approximate surface area is 182 Å². The molecule has 0 radical (unpaired) electrons. The smallest absolute Gasteiger partial charge is 0.410 e. The molecule has 7 nitrogen and oxygen atoms in total. The third kappa shape index (κ3) is 6.55. The summed E-state index contributed by atoms with van der Waals surface area (Å²) >= 11 is 0. The number of rotatable bonds is 4. The van der Waals surface area contributed by atoms with Crippen LogP contribution in [0.3, 0.4) is 0 Å². The number of aromatic hydroxyl groups is 1. The molecule has 1 fully saturated rings. The van der Waals surface area contributed by atoms with Crippen LogP contribution in [-0.4, -0.2) is 57.3 Å². The molecule has 1 N–H and O–H groups in total. The number of amides is 1. The molecule has 0 atom stereocenters. The van der Waals surface area contributed by atoms with E-state index >= 15 is 0 Å². The van der Waals surface area contributed by atoms with E-state index in [0.29, 0.717) is 43.9 Å². The molecule has 2 aromatic rings. The minimum absolute atomic E-state index is 0. The first-order valence-electron chi connectivity index (χ1n) is 9.98. The zero-order valence-corrected chi connectivity index (χ0v) is 17.6. The van der Waals surface area contributed by atoms with Gasteiger partial charge in [0.15, 0.2) is 5.75 Å². The zero-order chi connectivity index (χ0) is 21.9. The first-order valence-corrected chi connectivity index (χ1v) is 9.98. The van der Waals surface area contributed by atoms with Crippen LogP contribution in [0.5, 0.6) is 5.75 Å². The molecule has 31 heavy (non-hydrogen) atoms. The van der Waals surface area contributed by atoms with Gasteiger partial charge in [0.2, 0.25) is 0 Å². The second-order valence-corrected chi connectivity index (χ2v) is 8.50. The van der Waals surface area contributed by atoms with Gasteiger partial charge in [-0.1, -0.05) is 19.6 Å². The maximum atomic E-state index is 13.4. The minimum Gasteiger partial charge on any atom is -0.503 e. The standard InChI is InChI=1S/C22H28FN3O4.CH4/c1-22(2,3)30-21(29)25-11-9-24(10-12-25)15-17-7-8-26(20(28)19(17)27)14-16-5-4-6-18(23)13-16;/h4-8,13,27H,9-12,14-15H2,1-3H3;1H4. The summed E-state index contributed by atoms with van der Waals surface area (Å²) in [6.45, 7) is 8.36. The molecule has 0 spiro atoms. The van der Waals surface area contributed by atoms with Crippen LogP contribution in [0.4, 0.5) is 9.18 Å². The van der Waals surface area contributed by atoms with Gasteiger partial charge in [0.05, 0.1) is 6.54 Å². The zero-order valence-electron chi connectivity index (χ0n) is 17.6. The van der Waals surface area contributed by atoms with Gasteiger partial charge >= 0.3 is 6.09 Å². The van der Waals surface area contributed by atoms with Gasteiger partial charge in [0.25, 0.3) is 5.56 Å². The number of piperazine rings is 1. The molecule has 3 rings (SSSR count). The molecule has 1 amide bonds. The lowest BCUT2D eigenvalue weighted by molar-refractivity contribution is 0.0138. The predicted molar refractivity (Wildman–Crippen MR) is 118 cm³/mol. The van der Waals surface area contributed by atoms with E-state index in [2.05, 4.69) is 4.90 Å². The van der Waals surface area contributed by atoms with Crippen molar-refractivity contribution in [1.29, 1.82) is 0 Å². The number of pyridine rings is 1. The van der Waals surface area contributed by atoms with Crippen LogP contribution >= 0.6 is 0 Å². The molecule has 0 saturated carbocycles. The van der Waals surface area contributed by atoms with Crippen molar-refractivity contribution in [3.8, 4) is 5.75 Å². The van der Waals surface area contributed by atoms with Crippen LogP contribution in [0.1, 0.15) is 39.3 Å². The number of hydrogen-bond donors (Lipinski definition) is 1. The number of benzene rings is 1. The normalized spacial score (nSPS) is 14.8. The Hall–Kier alpha value is -2.87. The third-order valence-electron chi connectivity index (χ3n) is 4.88. The molecule has 1 aliphatic rings. The number of halogens is 1. The number of carbonyl (C=O) groups is 1. The predicted octanol–water partition coefficient (Wildman–Crippen LogP) is 3.43. The Morgan fingerprint density at radius 3 is 2.42 bits per heavy atom. The summed E-state index contributed by atoms with van der Waals surface area (Å²) in [6.07, 6.45) is 1.28. The summed E-state index contributed by atoms with van der Waals surface area (Å²) in [5, 5.41) is 10.4. The Bertz CT molecular complexity index is 960. The monoisotopic (exact) mass is 433 g/mol. The summed E-state index contributed by atoms with van der Waals surface area (Å²) in [5.41, 5.74) is 0.128. The minimum atomic E-state index is -0.532. The summed E-state index contributed by atoms with van der Waals surface area (Å²) in [7, 11) is 0. The highest BCUT2D eigenvalue weighted by atomic mass is 19.1. The van der Waals surface area contributed by atoms with Gasteiger partial charge < -0.3 is 19.3 Å². The van der Waals surface area contributed by atoms with E-state index in [9.17, 15) is 19.1 Å². The Morgan fingerprint density at radius 2 is 1.81 bits per heavy atom. The first kappa shape index (κ1) is 24.4. The molecule has 0 bridgehead atoms. The maximum Gasteiger partial charge on any atom is 0.410 e. The summed E-state index contributed by atoms with van der Waals surface area (Å²) in [6, 6.07) is 7.72. The highest BCUT2D eigenvalue weighted by Crippen LogP contribution is 2.17. The fourth-order valence-electron chi connectivity index (χ4n) is 3.34. The fraction of sp³-hybridized carbons (Fsp3) is 0.478. The maximum absolute atomic E-state index is 13.4. The van der Waals surface area contributed by atoms with E-state index in [0.717, 1.165) is 0 Å². The van der Waals surface area contributed by atoms with Crippen molar-refractivity contribution in [3.63, 3.8) is 0 Å². The van der Waals surface area contributed by atoms with Crippen molar-refractivity contribution < 1.29 is 19.0 Å². The number of aromatic nitrogens is 1. The van der Waals surface area contributed by atoms with Crippen molar-refractivity contribution in [1.82, 2.24) is 14.4 Å². The number of hydrogen-bond acceptors (Lipinski definition) is 5. The van der Waals surface area contributed by atoms with E-state index in [1.165, 1.54) is 16.7 Å². The van der Waals surface area contributed by atoms with Crippen LogP contribution < -0.4 is 5.56 Å². The van der Waals surface area contributed by atoms with Gasteiger partial charge in [0.1, 0.15) is 11.4 Å². The van der Waals surface area contributed by atoms with E-state index in [1.807, 2.05) is 20.8 Å². The molecule has 1 saturated heterocycles. The molecule has 170 valence electrons. The third-order valence-corrected chi connectivity index (χ3v) is 4.88. The molecule has 1 aromatic heterocycles. The number of carbonyl (C=O) groups excluding carboxylic acids is 1. The van der Waals surface area contributed by atoms with Gasteiger partial charge in [0, 0.05) is 44.5 Å². The average Bonchev–Trinajstić information content (AvgIpc) is 2.67. The molecule has 8 heteroatoms. The van der Waals surface area contributed by atoms with Crippen molar-refractivity contribution in [2.45, 2.75) is 46.9 Å². The topological polar surface area (TPSA) is 75.0 Å². The average molecular weight is 434 g/mol. The van der Waals surface area contributed by atoms with Gasteiger partial charge in [-0.15, -0.1) is 0 Å². The quantitative estimate of drug-likeness (QED) is 0.800. The van der Waals surface area contributed by atoms with Gasteiger partial charge in [-0.05, 0) is 44.5 Å². The Kier molecular flexibility index (Phi) is 7.84. The Morgan fingerprint density at radius 1 is 1.13 bits per heavy atom. The van der Waals surface area contributed by atoms with Crippen LogP contribution in [0, 0.1) is 5.82 Å². The molecule has 2 heterocycles. The molecule has 1 aromatic carbocycles. The van der Waals surface area contributed by atoms with E-state index < -0.39 is 11.2 Å². The SMILES string of the molecule is C.CC(C)(C)OC(=O)N1CCN(Cc2ccn(Cc3cccc(F)c3)c(=O)c2O)CC1. The largest absolute Gasteiger partial charge is 0.503 e. The molecular weight excluding hydrogens is 401 g/mol. The van der Waals surface area contributed by atoms with Crippen LogP contribution in [0.25, 0.3) is 0 Å². The molecule has 1 aliphatic heterocycles. The summed E-state index contributed by atoms with van der Waals surface area (Å²) in [4.78, 5) is 28.4. The number of nitrogens with zero attached hydrogens (tertiary/aromatic N) is 3. The lowest BCUT2D eigenvalue weighted by atomic mass is 10.2. The summed E-state index contributed by atoms with van der Waals surface area (Å²) < 4.78 is 20.1. The van der Waals surface area contributed by atoms with Crippen LogP contribution in [0.2, 0.25) is 0 Å². The number of ether oxygens (including phenoxy) is 1. The van der Waals surface area contributed by atoms with Crippen LogP contribution in [-0.2, 0) is 17.8 Å². The highest BCUT2D eigenvalue weighted by molar-refractivity contribution is 5.68. The molecule has 0 unspecified atom stereocenters. The first-order chi connectivity index (χ1) is 14.1. The Balaban J connectivity index is 0.00000341. The molecular formula is C23H32FN3O4. The van der Waals surface area contributed by atoms with Crippen molar-refractivity contribution in [3.05, 3.63) is 63.8 Å². The van der Waals surface area contributed by atoms with Crippen molar-refractivity contribution in [2.24, 2.45) is 0 Å².